The molecule has 2 heterocycles. The maximum Gasteiger partial charge on any atom is 0.269 e. The molecule has 0 saturated carbocycles. The number of aromatic nitrogens is 2. The number of nitrogens with zero attached hydrogens (tertiary/aromatic N) is 2. The first-order valence-electron chi connectivity index (χ1n) is 7.24. The van der Waals surface area contributed by atoms with Gasteiger partial charge in [0.1, 0.15) is 17.3 Å². The molecule has 6 nitrogen and oxygen atoms in total. The number of amides is 1. The van der Waals surface area contributed by atoms with Crippen molar-refractivity contribution < 1.29 is 9.18 Å². The number of piperidine rings is 1. The number of carbonyl (C=O) groups excluding carboxylic acids is 1. The highest BCUT2D eigenvalue weighted by Crippen LogP contribution is 2.20. The van der Waals surface area contributed by atoms with E-state index >= 15 is 0 Å². The number of aromatic amines is 1. The fourth-order valence-corrected chi connectivity index (χ4v) is 2.65. The number of hydrogen-bond donors (Lipinski definition) is 3. The fourth-order valence-electron chi connectivity index (χ4n) is 2.65. The lowest BCUT2D eigenvalue weighted by Crippen LogP contribution is -2.44. The van der Waals surface area contributed by atoms with Gasteiger partial charge in [0, 0.05) is 30.9 Å². The molecule has 1 saturated heterocycles. The van der Waals surface area contributed by atoms with Crippen LogP contribution in [0.1, 0.15) is 23.3 Å². The highest BCUT2D eigenvalue weighted by molar-refractivity contribution is 5.93. The zero-order chi connectivity index (χ0) is 15.5. The number of nitrogens with one attached hydrogen (secondary N) is 2. The maximum absolute atomic E-state index is 12.9. The minimum atomic E-state index is -0.232. The second kappa shape index (κ2) is 6.05. The van der Waals surface area contributed by atoms with E-state index in [-0.39, 0.29) is 17.8 Å². The van der Waals surface area contributed by atoms with Gasteiger partial charge in [0.2, 0.25) is 0 Å². The van der Waals surface area contributed by atoms with Gasteiger partial charge in [-0.05, 0) is 37.1 Å². The monoisotopic (exact) mass is 303 g/mol. The van der Waals surface area contributed by atoms with E-state index in [2.05, 4.69) is 20.4 Å². The fraction of sp³-hybridized carbons (Fsp3) is 0.333. The molecule has 0 atom stereocenters. The Kier molecular flexibility index (Phi) is 3.95. The van der Waals surface area contributed by atoms with Crippen LogP contribution in [0.2, 0.25) is 0 Å². The summed E-state index contributed by atoms with van der Waals surface area (Å²) in [6.45, 7) is 1.64. The third-order valence-electron chi connectivity index (χ3n) is 3.86. The van der Waals surface area contributed by atoms with Gasteiger partial charge < -0.3 is 16.0 Å². The zero-order valence-corrected chi connectivity index (χ0v) is 12.1. The van der Waals surface area contributed by atoms with Gasteiger partial charge in [-0.15, -0.1) is 0 Å². The van der Waals surface area contributed by atoms with E-state index in [1.807, 2.05) is 0 Å². The van der Waals surface area contributed by atoms with Gasteiger partial charge in [0.15, 0.2) is 0 Å². The van der Waals surface area contributed by atoms with E-state index in [0.717, 1.165) is 31.6 Å². The zero-order valence-electron chi connectivity index (χ0n) is 12.1. The summed E-state index contributed by atoms with van der Waals surface area (Å²) in [7, 11) is 0. The Morgan fingerprint density at radius 3 is 2.59 bits per heavy atom. The van der Waals surface area contributed by atoms with Crippen LogP contribution in [0.25, 0.3) is 0 Å². The van der Waals surface area contributed by atoms with Crippen molar-refractivity contribution >= 4 is 17.4 Å². The SMILES string of the molecule is Nc1cc(C(=O)NC2CCN(c3ccc(F)cc3)CC2)[nH]n1. The standard InChI is InChI=1S/C15H18FN5O/c16-10-1-3-12(4-2-10)21-7-5-11(6-8-21)18-15(22)13-9-14(17)20-19-13/h1-4,9,11H,5-8H2,(H,18,22)(H3,17,19,20). The molecule has 116 valence electrons. The number of benzene rings is 1. The molecule has 0 radical (unpaired) electrons. The van der Waals surface area contributed by atoms with Crippen LogP contribution >= 0.6 is 0 Å². The van der Waals surface area contributed by atoms with E-state index in [1.54, 1.807) is 12.1 Å². The number of H-pyrrole nitrogens is 1. The van der Waals surface area contributed by atoms with Crippen molar-refractivity contribution in [3.05, 3.63) is 41.8 Å². The Morgan fingerprint density at radius 1 is 1.32 bits per heavy atom. The maximum atomic E-state index is 12.9. The van der Waals surface area contributed by atoms with Crippen LogP contribution < -0.4 is 16.0 Å². The number of nitrogen functional groups attached to an aromatic ring is 1. The molecule has 1 aromatic carbocycles. The highest BCUT2D eigenvalue weighted by Gasteiger charge is 2.22. The minimum Gasteiger partial charge on any atom is -0.382 e. The van der Waals surface area contributed by atoms with Crippen LogP contribution in [0.15, 0.2) is 30.3 Å². The average molecular weight is 303 g/mol. The first-order valence-corrected chi connectivity index (χ1v) is 7.24. The van der Waals surface area contributed by atoms with E-state index in [1.165, 1.54) is 18.2 Å². The minimum absolute atomic E-state index is 0.119. The number of rotatable bonds is 3. The van der Waals surface area contributed by atoms with Gasteiger partial charge in [-0.1, -0.05) is 0 Å². The highest BCUT2D eigenvalue weighted by atomic mass is 19.1. The lowest BCUT2D eigenvalue weighted by molar-refractivity contribution is 0.0926. The molecule has 0 bridgehead atoms. The Hall–Kier alpha value is -2.57. The summed E-state index contributed by atoms with van der Waals surface area (Å²) in [5, 5.41) is 9.32. The normalized spacial score (nSPS) is 15.8. The summed E-state index contributed by atoms with van der Waals surface area (Å²) >= 11 is 0. The van der Waals surface area contributed by atoms with E-state index in [0.29, 0.717) is 11.5 Å². The summed E-state index contributed by atoms with van der Waals surface area (Å²) in [4.78, 5) is 14.2. The largest absolute Gasteiger partial charge is 0.382 e. The number of carbonyl (C=O) groups is 1. The average Bonchev–Trinajstić information content (AvgIpc) is 2.96. The summed E-state index contributed by atoms with van der Waals surface area (Å²) in [6.07, 6.45) is 1.68. The first kappa shape index (κ1) is 14.4. The number of nitrogens with two attached hydrogens (primary N) is 1. The molecule has 2 aromatic rings. The summed E-state index contributed by atoms with van der Waals surface area (Å²) in [5.41, 5.74) is 6.87. The van der Waals surface area contributed by atoms with Crippen molar-refractivity contribution in [2.24, 2.45) is 0 Å². The first-order chi connectivity index (χ1) is 10.6. The molecule has 0 aliphatic carbocycles. The van der Waals surface area contributed by atoms with Gasteiger partial charge in [-0.25, -0.2) is 4.39 Å². The molecule has 7 heteroatoms. The molecule has 4 N–H and O–H groups in total. The number of halogens is 1. The molecule has 1 fully saturated rings. The van der Waals surface area contributed by atoms with E-state index < -0.39 is 0 Å². The van der Waals surface area contributed by atoms with Crippen LogP contribution in [-0.2, 0) is 0 Å². The second-order valence-corrected chi connectivity index (χ2v) is 5.42. The summed E-state index contributed by atoms with van der Waals surface area (Å²) in [5.74, 6) is -0.120. The Labute approximate surface area is 127 Å². The lowest BCUT2D eigenvalue weighted by Gasteiger charge is -2.33. The topological polar surface area (TPSA) is 87.0 Å². The quantitative estimate of drug-likeness (QED) is 0.802. The number of hydrogen-bond acceptors (Lipinski definition) is 4. The van der Waals surface area contributed by atoms with Crippen molar-refractivity contribution in [1.29, 1.82) is 0 Å². The predicted octanol–water partition coefficient (Wildman–Crippen LogP) is 1.53. The summed E-state index contributed by atoms with van der Waals surface area (Å²) in [6, 6.07) is 8.12. The smallest absolute Gasteiger partial charge is 0.269 e. The summed E-state index contributed by atoms with van der Waals surface area (Å²) < 4.78 is 12.9. The van der Waals surface area contributed by atoms with Crippen LogP contribution in [0.5, 0.6) is 0 Å². The molecule has 3 rings (SSSR count). The molecule has 1 aromatic heterocycles. The van der Waals surface area contributed by atoms with Crippen LogP contribution in [-0.4, -0.2) is 35.2 Å². The molecule has 1 aliphatic rings. The Balaban J connectivity index is 1.53. The van der Waals surface area contributed by atoms with Crippen LogP contribution in [0.3, 0.4) is 0 Å². The van der Waals surface area contributed by atoms with Crippen molar-refractivity contribution in [3.8, 4) is 0 Å². The van der Waals surface area contributed by atoms with Gasteiger partial charge in [-0.2, -0.15) is 5.10 Å². The third kappa shape index (κ3) is 3.19. The van der Waals surface area contributed by atoms with Crippen molar-refractivity contribution in [2.75, 3.05) is 23.7 Å². The van der Waals surface area contributed by atoms with Crippen molar-refractivity contribution in [2.45, 2.75) is 18.9 Å². The molecule has 0 spiro atoms. The molecular formula is C15H18FN5O. The second-order valence-electron chi connectivity index (χ2n) is 5.42. The molecule has 22 heavy (non-hydrogen) atoms. The predicted molar refractivity (Wildman–Crippen MR) is 82.1 cm³/mol. The van der Waals surface area contributed by atoms with Crippen LogP contribution in [0.4, 0.5) is 15.9 Å². The van der Waals surface area contributed by atoms with E-state index in [4.69, 9.17) is 5.73 Å². The third-order valence-corrected chi connectivity index (χ3v) is 3.86. The Bertz CT molecular complexity index is 646. The molecular weight excluding hydrogens is 285 g/mol. The Morgan fingerprint density at radius 2 is 2.00 bits per heavy atom. The van der Waals surface area contributed by atoms with Crippen LogP contribution in [0, 0.1) is 5.82 Å². The van der Waals surface area contributed by atoms with Crippen molar-refractivity contribution in [3.63, 3.8) is 0 Å². The van der Waals surface area contributed by atoms with Gasteiger partial charge in [0.05, 0.1) is 0 Å². The molecule has 1 amide bonds. The van der Waals surface area contributed by atoms with Crippen molar-refractivity contribution in [1.82, 2.24) is 15.5 Å². The van der Waals surface area contributed by atoms with Gasteiger partial charge in [0.25, 0.3) is 5.91 Å². The number of anilines is 2. The molecule has 1 aliphatic heterocycles. The van der Waals surface area contributed by atoms with E-state index in [9.17, 15) is 9.18 Å². The van der Waals surface area contributed by atoms with Gasteiger partial charge >= 0.3 is 0 Å². The van der Waals surface area contributed by atoms with Gasteiger partial charge in [-0.3, -0.25) is 9.89 Å². The molecule has 0 unspecified atom stereocenters. The lowest BCUT2D eigenvalue weighted by atomic mass is 10.0.